The maximum absolute atomic E-state index is 13.1. The van der Waals surface area contributed by atoms with E-state index in [1.807, 2.05) is 30.3 Å². The van der Waals surface area contributed by atoms with Crippen molar-refractivity contribution >= 4 is 34.3 Å². The summed E-state index contributed by atoms with van der Waals surface area (Å²) in [6.07, 6.45) is 0. The van der Waals surface area contributed by atoms with Crippen molar-refractivity contribution in [3.63, 3.8) is 0 Å². The molecule has 4 rings (SSSR count). The van der Waals surface area contributed by atoms with Crippen molar-refractivity contribution < 1.29 is 9.18 Å². The number of thioether (sulfide) groups is 1. The Bertz CT molecular complexity index is 1210. The molecule has 0 spiro atoms. The number of H-pyrrole nitrogens is 1. The number of hydrogen-bond donors (Lipinski definition) is 2. The fraction of sp³-hybridized carbons (Fsp3) is 0.0455. The van der Waals surface area contributed by atoms with Crippen LogP contribution in [-0.2, 0) is 4.79 Å². The molecule has 0 fully saturated rings. The summed E-state index contributed by atoms with van der Waals surface area (Å²) < 4.78 is 13.1. The van der Waals surface area contributed by atoms with E-state index in [1.165, 1.54) is 24.3 Å². The van der Waals surface area contributed by atoms with Crippen LogP contribution in [0.1, 0.15) is 10.8 Å². The van der Waals surface area contributed by atoms with E-state index >= 15 is 0 Å². The van der Waals surface area contributed by atoms with E-state index in [-0.39, 0.29) is 17.3 Å². The standard InChI is InChI=1S/C22H16FN3O2S/c23-15-10-12-16(13-11-15)24-21(28)19(14-6-2-1-3-7-14)29-22-25-18-9-5-4-8-17(18)20(27)26-22/h1-13,19H,(H,24,28)(H,25,26,27)/t19-/m1/s1. The molecule has 0 aliphatic heterocycles. The highest BCUT2D eigenvalue weighted by Crippen LogP contribution is 2.34. The van der Waals surface area contributed by atoms with E-state index in [2.05, 4.69) is 15.3 Å². The molecule has 0 bridgehead atoms. The van der Waals surface area contributed by atoms with Gasteiger partial charge in [0.15, 0.2) is 5.16 Å². The molecule has 0 saturated carbocycles. The van der Waals surface area contributed by atoms with Crippen LogP contribution in [0.4, 0.5) is 10.1 Å². The highest BCUT2D eigenvalue weighted by Gasteiger charge is 2.23. The number of para-hydroxylation sites is 1. The zero-order valence-electron chi connectivity index (χ0n) is 15.1. The predicted molar refractivity (Wildman–Crippen MR) is 112 cm³/mol. The van der Waals surface area contributed by atoms with Crippen molar-refractivity contribution in [2.75, 3.05) is 5.32 Å². The van der Waals surface area contributed by atoms with Gasteiger partial charge in [0.1, 0.15) is 11.1 Å². The second kappa shape index (κ2) is 8.28. The fourth-order valence-electron chi connectivity index (χ4n) is 2.87. The number of rotatable bonds is 5. The van der Waals surface area contributed by atoms with E-state index in [0.29, 0.717) is 21.7 Å². The normalized spacial score (nSPS) is 11.9. The van der Waals surface area contributed by atoms with E-state index < -0.39 is 5.25 Å². The third kappa shape index (κ3) is 4.35. The number of aromatic amines is 1. The zero-order chi connectivity index (χ0) is 20.2. The molecule has 144 valence electrons. The van der Waals surface area contributed by atoms with Gasteiger partial charge in [-0.1, -0.05) is 54.2 Å². The van der Waals surface area contributed by atoms with Gasteiger partial charge in [-0.3, -0.25) is 9.59 Å². The van der Waals surface area contributed by atoms with Crippen LogP contribution < -0.4 is 10.9 Å². The fourth-order valence-corrected chi connectivity index (χ4v) is 3.86. The van der Waals surface area contributed by atoms with Crippen LogP contribution >= 0.6 is 11.8 Å². The van der Waals surface area contributed by atoms with Crippen LogP contribution in [0.15, 0.2) is 88.8 Å². The average molecular weight is 405 g/mol. The number of nitrogens with one attached hydrogen (secondary N) is 2. The number of carbonyl (C=O) groups excluding carboxylic acids is 1. The molecule has 0 aliphatic carbocycles. The van der Waals surface area contributed by atoms with Gasteiger partial charge in [0.2, 0.25) is 5.91 Å². The van der Waals surface area contributed by atoms with Gasteiger partial charge in [-0.25, -0.2) is 9.37 Å². The Morgan fingerprint density at radius 1 is 0.966 bits per heavy atom. The van der Waals surface area contributed by atoms with Crippen LogP contribution in [0, 0.1) is 5.82 Å². The van der Waals surface area contributed by atoms with Gasteiger partial charge in [0.05, 0.1) is 10.9 Å². The Balaban J connectivity index is 1.67. The second-order valence-corrected chi connectivity index (χ2v) is 7.39. The summed E-state index contributed by atoms with van der Waals surface area (Å²) in [6.45, 7) is 0. The minimum atomic E-state index is -0.662. The predicted octanol–water partition coefficient (Wildman–Crippen LogP) is 4.53. The molecule has 7 heteroatoms. The molecule has 0 aliphatic rings. The molecule has 3 aromatic carbocycles. The molecule has 1 amide bonds. The first-order chi connectivity index (χ1) is 14.1. The number of amides is 1. The lowest BCUT2D eigenvalue weighted by atomic mass is 10.1. The Labute approximate surface area is 170 Å². The molecule has 0 radical (unpaired) electrons. The average Bonchev–Trinajstić information content (AvgIpc) is 2.74. The minimum Gasteiger partial charge on any atom is -0.325 e. The Kier molecular flexibility index (Phi) is 5.39. The largest absolute Gasteiger partial charge is 0.325 e. The molecule has 2 N–H and O–H groups in total. The summed E-state index contributed by atoms with van der Waals surface area (Å²) in [5.74, 6) is -0.682. The lowest BCUT2D eigenvalue weighted by molar-refractivity contribution is -0.115. The van der Waals surface area contributed by atoms with E-state index in [0.717, 1.165) is 17.3 Å². The van der Waals surface area contributed by atoms with Gasteiger partial charge in [-0.2, -0.15) is 0 Å². The Morgan fingerprint density at radius 2 is 1.66 bits per heavy atom. The maximum Gasteiger partial charge on any atom is 0.259 e. The molecule has 5 nitrogen and oxygen atoms in total. The summed E-state index contributed by atoms with van der Waals surface area (Å²) in [5.41, 5.74) is 1.54. The van der Waals surface area contributed by atoms with Crippen LogP contribution in [-0.4, -0.2) is 15.9 Å². The first-order valence-electron chi connectivity index (χ1n) is 8.87. The van der Waals surface area contributed by atoms with Crippen molar-refractivity contribution in [3.05, 3.63) is 101 Å². The monoisotopic (exact) mass is 405 g/mol. The summed E-state index contributed by atoms with van der Waals surface area (Å²) in [7, 11) is 0. The number of aromatic nitrogens is 2. The maximum atomic E-state index is 13.1. The van der Waals surface area contributed by atoms with Crippen molar-refractivity contribution in [2.24, 2.45) is 0 Å². The lowest BCUT2D eigenvalue weighted by Gasteiger charge is -2.16. The SMILES string of the molecule is O=C(Nc1ccc(F)cc1)[C@H](Sc1nc2ccccc2c(=O)[nH]1)c1ccccc1. The van der Waals surface area contributed by atoms with Crippen molar-refractivity contribution in [1.82, 2.24) is 9.97 Å². The second-order valence-electron chi connectivity index (χ2n) is 6.29. The van der Waals surface area contributed by atoms with Crippen LogP contribution in [0.2, 0.25) is 0 Å². The topological polar surface area (TPSA) is 74.8 Å². The van der Waals surface area contributed by atoms with Gasteiger partial charge in [0.25, 0.3) is 5.56 Å². The minimum absolute atomic E-state index is 0.260. The molecular weight excluding hydrogens is 389 g/mol. The number of nitrogens with zero attached hydrogens (tertiary/aromatic N) is 1. The highest BCUT2D eigenvalue weighted by molar-refractivity contribution is 8.00. The zero-order valence-corrected chi connectivity index (χ0v) is 15.9. The number of benzene rings is 3. The summed E-state index contributed by atoms with van der Waals surface area (Å²) in [4.78, 5) is 32.6. The number of hydrogen-bond acceptors (Lipinski definition) is 4. The van der Waals surface area contributed by atoms with Gasteiger partial charge < -0.3 is 10.3 Å². The molecule has 0 saturated heterocycles. The smallest absolute Gasteiger partial charge is 0.259 e. The molecular formula is C22H16FN3O2S. The van der Waals surface area contributed by atoms with Crippen LogP contribution in [0.5, 0.6) is 0 Å². The van der Waals surface area contributed by atoms with Crippen molar-refractivity contribution in [3.8, 4) is 0 Å². The van der Waals surface area contributed by atoms with Gasteiger partial charge in [-0.05, 0) is 42.0 Å². The molecule has 1 atom stereocenters. The van der Waals surface area contributed by atoms with E-state index in [4.69, 9.17) is 0 Å². The van der Waals surface area contributed by atoms with E-state index in [1.54, 1.807) is 24.3 Å². The number of halogens is 1. The summed E-state index contributed by atoms with van der Waals surface area (Å²) in [6, 6.07) is 21.8. The van der Waals surface area contributed by atoms with Gasteiger partial charge in [-0.15, -0.1) is 0 Å². The van der Waals surface area contributed by atoms with Crippen LogP contribution in [0.3, 0.4) is 0 Å². The van der Waals surface area contributed by atoms with E-state index in [9.17, 15) is 14.0 Å². The van der Waals surface area contributed by atoms with Gasteiger partial charge >= 0.3 is 0 Å². The third-order valence-corrected chi connectivity index (χ3v) is 5.41. The molecule has 1 heterocycles. The lowest BCUT2D eigenvalue weighted by Crippen LogP contribution is -2.20. The number of fused-ring (bicyclic) bond motifs is 1. The first kappa shape index (κ1) is 18.9. The molecule has 1 aromatic heterocycles. The molecule has 0 unspecified atom stereocenters. The Morgan fingerprint density at radius 3 is 2.41 bits per heavy atom. The highest BCUT2D eigenvalue weighted by atomic mass is 32.2. The molecule has 4 aromatic rings. The van der Waals surface area contributed by atoms with Gasteiger partial charge in [0, 0.05) is 5.69 Å². The summed E-state index contributed by atoms with van der Waals surface area (Å²) >= 11 is 1.15. The Hall–Kier alpha value is -3.45. The molecule has 29 heavy (non-hydrogen) atoms. The quantitative estimate of drug-likeness (QED) is 0.378. The van der Waals surface area contributed by atoms with Crippen molar-refractivity contribution in [2.45, 2.75) is 10.4 Å². The third-order valence-electron chi connectivity index (χ3n) is 4.27. The van der Waals surface area contributed by atoms with Crippen LogP contribution in [0.25, 0.3) is 10.9 Å². The summed E-state index contributed by atoms with van der Waals surface area (Å²) in [5, 5.41) is 2.97. The number of anilines is 1. The van der Waals surface area contributed by atoms with Crippen molar-refractivity contribution in [1.29, 1.82) is 0 Å². The first-order valence-corrected chi connectivity index (χ1v) is 9.75. The number of carbonyl (C=O) groups is 1.